The van der Waals surface area contributed by atoms with Crippen LogP contribution >= 0.6 is 0 Å². The molecule has 2 heteroatoms. The molecule has 2 rings (SSSR count). The van der Waals surface area contributed by atoms with E-state index in [2.05, 4.69) is 50.2 Å². The van der Waals surface area contributed by atoms with Crippen LogP contribution in [-0.4, -0.2) is 24.5 Å². The molecule has 1 aromatic rings. The van der Waals surface area contributed by atoms with Gasteiger partial charge in [-0.3, -0.25) is 0 Å². The van der Waals surface area contributed by atoms with E-state index in [-0.39, 0.29) is 5.54 Å². The van der Waals surface area contributed by atoms with Gasteiger partial charge in [-0.15, -0.1) is 0 Å². The van der Waals surface area contributed by atoms with Crippen LogP contribution in [0, 0.1) is 0 Å². The topological polar surface area (TPSA) is 29.3 Å². The van der Waals surface area contributed by atoms with Gasteiger partial charge in [-0.05, 0) is 44.5 Å². The number of nitrogens with two attached hydrogens (primary N) is 1. The summed E-state index contributed by atoms with van der Waals surface area (Å²) in [6, 6.07) is 9.26. The first-order valence-corrected chi connectivity index (χ1v) is 6.11. The van der Waals surface area contributed by atoms with Gasteiger partial charge in [0.05, 0.1) is 6.04 Å². The summed E-state index contributed by atoms with van der Waals surface area (Å²) in [5.74, 6) is 0. The molecule has 1 aliphatic rings. The van der Waals surface area contributed by atoms with Crippen LogP contribution in [0.1, 0.15) is 36.9 Å². The van der Waals surface area contributed by atoms with Crippen LogP contribution in [-0.2, 0) is 6.42 Å². The molecule has 1 aromatic carbocycles. The fourth-order valence-corrected chi connectivity index (χ4v) is 2.50. The van der Waals surface area contributed by atoms with Crippen molar-refractivity contribution in [2.75, 3.05) is 14.1 Å². The van der Waals surface area contributed by atoms with E-state index >= 15 is 0 Å². The third-order valence-electron chi connectivity index (χ3n) is 3.59. The molecule has 0 radical (unpaired) electrons. The van der Waals surface area contributed by atoms with Gasteiger partial charge in [0, 0.05) is 5.54 Å². The third-order valence-corrected chi connectivity index (χ3v) is 3.59. The van der Waals surface area contributed by atoms with Crippen LogP contribution < -0.4 is 5.73 Å². The van der Waals surface area contributed by atoms with Gasteiger partial charge in [-0.1, -0.05) is 31.2 Å². The van der Waals surface area contributed by atoms with Gasteiger partial charge in [-0.2, -0.15) is 0 Å². The molecule has 88 valence electrons. The summed E-state index contributed by atoms with van der Waals surface area (Å²) in [6.07, 6.45) is 3.39. The lowest BCUT2D eigenvalue weighted by Gasteiger charge is -2.30. The Kier molecular flexibility index (Phi) is 3.04. The number of benzene rings is 1. The Hall–Kier alpha value is -0.860. The molecular formula is C14H22N2. The van der Waals surface area contributed by atoms with E-state index in [9.17, 15) is 0 Å². The van der Waals surface area contributed by atoms with Crippen molar-refractivity contribution in [1.29, 1.82) is 0 Å². The van der Waals surface area contributed by atoms with Gasteiger partial charge >= 0.3 is 0 Å². The SMILES string of the molecule is CCc1ccc(C(N(C)C)C2(N)CC2)cc1. The molecule has 0 heterocycles. The summed E-state index contributed by atoms with van der Waals surface area (Å²) in [7, 11) is 4.23. The molecule has 1 aliphatic carbocycles. The zero-order valence-corrected chi connectivity index (χ0v) is 10.5. The molecular weight excluding hydrogens is 196 g/mol. The Balaban J connectivity index is 2.25. The number of hydrogen-bond donors (Lipinski definition) is 1. The first kappa shape index (κ1) is 11.6. The molecule has 0 saturated heterocycles. The highest BCUT2D eigenvalue weighted by molar-refractivity contribution is 5.29. The van der Waals surface area contributed by atoms with E-state index in [1.165, 1.54) is 11.1 Å². The first-order valence-electron chi connectivity index (χ1n) is 6.11. The normalized spacial score (nSPS) is 19.8. The minimum absolute atomic E-state index is 0.0111. The van der Waals surface area contributed by atoms with Crippen molar-refractivity contribution >= 4 is 0 Å². The Labute approximate surface area is 98.4 Å². The van der Waals surface area contributed by atoms with Crippen molar-refractivity contribution in [3.05, 3.63) is 35.4 Å². The van der Waals surface area contributed by atoms with E-state index in [0.717, 1.165) is 19.3 Å². The first-order chi connectivity index (χ1) is 7.57. The standard InChI is InChI=1S/C14H22N2/c1-4-11-5-7-12(8-6-11)13(16(2)3)14(15)9-10-14/h5-8,13H,4,9-10,15H2,1-3H3. The van der Waals surface area contributed by atoms with Crippen molar-refractivity contribution in [3.63, 3.8) is 0 Å². The average molecular weight is 218 g/mol. The van der Waals surface area contributed by atoms with Gasteiger partial charge in [0.25, 0.3) is 0 Å². The highest BCUT2D eigenvalue weighted by Gasteiger charge is 2.47. The molecule has 1 unspecified atom stereocenters. The highest BCUT2D eigenvalue weighted by Crippen LogP contribution is 2.45. The zero-order chi connectivity index (χ0) is 11.8. The maximum absolute atomic E-state index is 6.35. The van der Waals surface area contributed by atoms with Crippen molar-refractivity contribution in [2.45, 2.75) is 37.8 Å². The monoisotopic (exact) mass is 218 g/mol. The predicted molar refractivity (Wildman–Crippen MR) is 68.4 cm³/mol. The lowest BCUT2D eigenvalue weighted by molar-refractivity contribution is 0.246. The lowest BCUT2D eigenvalue weighted by atomic mass is 9.95. The number of rotatable bonds is 4. The molecule has 2 nitrogen and oxygen atoms in total. The second-order valence-corrected chi connectivity index (χ2v) is 5.19. The Morgan fingerprint density at radius 2 is 1.81 bits per heavy atom. The fourth-order valence-electron chi connectivity index (χ4n) is 2.50. The Bertz CT molecular complexity index is 350. The summed E-state index contributed by atoms with van der Waals surface area (Å²) in [5.41, 5.74) is 9.10. The van der Waals surface area contributed by atoms with Crippen LogP contribution in [0.4, 0.5) is 0 Å². The molecule has 16 heavy (non-hydrogen) atoms. The maximum atomic E-state index is 6.35. The minimum atomic E-state index is 0.0111. The van der Waals surface area contributed by atoms with Crippen molar-refractivity contribution in [1.82, 2.24) is 4.90 Å². The highest BCUT2D eigenvalue weighted by atomic mass is 15.1. The smallest absolute Gasteiger partial charge is 0.0523 e. The quantitative estimate of drug-likeness (QED) is 0.840. The largest absolute Gasteiger partial charge is 0.323 e. The fraction of sp³-hybridized carbons (Fsp3) is 0.571. The average Bonchev–Trinajstić information content (AvgIpc) is 2.97. The van der Waals surface area contributed by atoms with Crippen molar-refractivity contribution in [3.8, 4) is 0 Å². The van der Waals surface area contributed by atoms with Crippen LogP contribution in [0.15, 0.2) is 24.3 Å². The molecule has 0 spiro atoms. The van der Waals surface area contributed by atoms with E-state index in [0.29, 0.717) is 6.04 Å². The third kappa shape index (κ3) is 2.13. The van der Waals surface area contributed by atoms with Crippen LogP contribution in [0.5, 0.6) is 0 Å². The molecule has 1 atom stereocenters. The van der Waals surface area contributed by atoms with E-state index in [4.69, 9.17) is 5.73 Å². The Morgan fingerprint density at radius 1 is 1.25 bits per heavy atom. The van der Waals surface area contributed by atoms with Gasteiger partial charge in [-0.25, -0.2) is 0 Å². The molecule has 1 saturated carbocycles. The molecule has 1 fully saturated rings. The number of nitrogens with zero attached hydrogens (tertiary/aromatic N) is 1. The van der Waals surface area contributed by atoms with Gasteiger partial charge in [0.1, 0.15) is 0 Å². The van der Waals surface area contributed by atoms with Crippen molar-refractivity contribution in [2.24, 2.45) is 5.73 Å². The van der Waals surface area contributed by atoms with E-state index < -0.39 is 0 Å². The second-order valence-electron chi connectivity index (χ2n) is 5.19. The molecule has 0 aliphatic heterocycles. The summed E-state index contributed by atoms with van der Waals surface area (Å²) < 4.78 is 0. The molecule has 0 bridgehead atoms. The van der Waals surface area contributed by atoms with E-state index in [1.54, 1.807) is 0 Å². The summed E-state index contributed by atoms with van der Waals surface area (Å²) >= 11 is 0. The maximum Gasteiger partial charge on any atom is 0.0523 e. The molecule has 0 aromatic heterocycles. The number of likely N-dealkylation sites (N-methyl/N-ethyl adjacent to an activating group) is 1. The zero-order valence-electron chi connectivity index (χ0n) is 10.5. The van der Waals surface area contributed by atoms with Gasteiger partial charge in [0.15, 0.2) is 0 Å². The van der Waals surface area contributed by atoms with E-state index in [1.807, 2.05) is 0 Å². The van der Waals surface area contributed by atoms with Crippen LogP contribution in [0.25, 0.3) is 0 Å². The van der Waals surface area contributed by atoms with Crippen LogP contribution in [0.3, 0.4) is 0 Å². The minimum Gasteiger partial charge on any atom is -0.323 e. The number of hydrogen-bond acceptors (Lipinski definition) is 2. The van der Waals surface area contributed by atoms with Crippen LogP contribution in [0.2, 0.25) is 0 Å². The van der Waals surface area contributed by atoms with Gasteiger partial charge in [0.2, 0.25) is 0 Å². The van der Waals surface area contributed by atoms with Gasteiger partial charge < -0.3 is 10.6 Å². The lowest BCUT2D eigenvalue weighted by Crippen LogP contribution is -2.39. The summed E-state index contributed by atoms with van der Waals surface area (Å²) in [5, 5.41) is 0. The second kappa shape index (κ2) is 4.19. The summed E-state index contributed by atoms with van der Waals surface area (Å²) in [6.45, 7) is 2.18. The molecule has 2 N–H and O–H groups in total. The Morgan fingerprint density at radius 3 is 2.19 bits per heavy atom. The molecule has 0 amide bonds. The van der Waals surface area contributed by atoms with Crippen molar-refractivity contribution < 1.29 is 0 Å². The number of aryl methyl sites for hydroxylation is 1. The predicted octanol–water partition coefficient (Wildman–Crippen LogP) is 2.34. The summed E-state index contributed by atoms with van der Waals surface area (Å²) in [4.78, 5) is 2.24.